The van der Waals surface area contributed by atoms with Crippen LogP contribution in [0.15, 0.2) is 47.3 Å². The van der Waals surface area contributed by atoms with Crippen molar-refractivity contribution < 1.29 is 14.0 Å². The molecule has 1 aliphatic carbocycles. The Hall–Kier alpha value is -2.31. The zero-order chi connectivity index (χ0) is 17.4. The van der Waals surface area contributed by atoms with Crippen LogP contribution in [-0.4, -0.2) is 53.3 Å². The number of fused-ring (bicyclic) bond motifs is 1. The van der Waals surface area contributed by atoms with Gasteiger partial charge in [0.2, 0.25) is 5.91 Å². The van der Waals surface area contributed by atoms with Crippen LogP contribution < -0.4 is 5.73 Å². The van der Waals surface area contributed by atoms with Crippen LogP contribution in [0.1, 0.15) is 21.5 Å². The third-order valence-electron chi connectivity index (χ3n) is 5.18. The molecule has 0 bridgehead atoms. The average molecular weight is 376 g/mol. The lowest BCUT2D eigenvalue weighted by Gasteiger charge is -2.38. The Bertz CT molecular complexity index is 773. The van der Waals surface area contributed by atoms with E-state index < -0.39 is 5.54 Å². The quantitative estimate of drug-likeness (QED) is 0.862. The number of amides is 2. The number of furan rings is 1. The van der Waals surface area contributed by atoms with Crippen molar-refractivity contribution >= 4 is 24.2 Å². The number of hydrogen-bond acceptors (Lipinski definition) is 4. The van der Waals surface area contributed by atoms with Crippen LogP contribution in [0.3, 0.4) is 0 Å². The summed E-state index contributed by atoms with van der Waals surface area (Å²) in [5.41, 5.74) is 8.47. The van der Waals surface area contributed by atoms with E-state index in [-0.39, 0.29) is 24.2 Å². The van der Waals surface area contributed by atoms with E-state index in [1.165, 1.54) is 12.5 Å². The molecule has 1 aromatic heterocycles. The van der Waals surface area contributed by atoms with Crippen molar-refractivity contribution in [3.05, 3.63) is 59.5 Å². The van der Waals surface area contributed by atoms with Crippen molar-refractivity contribution in [1.29, 1.82) is 0 Å². The molecule has 2 amide bonds. The molecule has 2 N–H and O–H groups in total. The van der Waals surface area contributed by atoms with E-state index in [9.17, 15) is 9.59 Å². The molecule has 26 heavy (non-hydrogen) atoms. The van der Waals surface area contributed by atoms with Gasteiger partial charge in [0.25, 0.3) is 5.91 Å². The summed E-state index contributed by atoms with van der Waals surface area (Å²) in [7, 11) is 0. The summed E-state index contributed by atoms with van der Waals surface area (Å²) < 4.78 is 4.97. The maximum atomic E-state index is 13.0. The summed E-state index contributed by atoms with van der Waals surface area (Å²) in [6, 6.07) is 9.70. The number of nitrogens with two attached hydrogens (primary N) is 1. The van der Waals surface area contributed by atoms with E-state index >= 15 is 0 Å². The molecule has 0 radical (unpaired) electrons. The lowest BCUT2D eigenvalue weighted by atomic mass is 9.94. The van der Waals surface area contributed by atoms with Gasteiger partial charge in [0.1, 0.15) is 11.8 Å². The lowest BCUT2D eigenvalue weighted by molar-refractivity contribution is -0.138. The summed E-state index contributed by atoms with van der Waals surface area (Å²) in [6.07, 6.45) is 4.10. The van der Waals surface area contributed by atoms with Gasteiger partial charge in [-0.1, -0.05) is 24.3 Å². The van der Waals surface area contributed by atoms with Crippen LogP contribution in [0, 0.1) is 0 Å². The summed E-state index contributed by atoms with van der Waals surface area (Å²) in [6.45, 7) is 2.05. The highest BCUT2D eigenvalue weighted by atomic mass is 35.5. The van der Waals surface area contributed by atoms with Crippen molar-refractivity contribution in [2.45, 2.75) is 18.4 Å². The van der Waals surface area contributed by atoms with Crippen LogP contribution in [0.4, 0.5) is 0 Å². The standard InChI is InChI=1S/C19H21N3O3.ClH/c20-19(11-14-3-1-2-4-15(14)12-19)18(24)22-8-6-21(7-9-22)17(23)16-5-10-25-13-16;/h1-5,10,13H,6-9,11-12,20H2;1H. The van der Waals surface area contributed by atoms with Crippen LogP contribution in [0.2, 0.25) is 0 Å². The smallest absolute Gasteiger partial charge is 0.257 e. The van der Waals surface area contributed by atoms with Gasteiger partial charge in [0.05, 0.1) is 11.8 Å². The van der Waals surface area contributed by atoms with Gasteiger partial charge >= 0.3 is 0 Å². The molecule has 2 aliphatic rings. The Kier molecular flexibility index (Phi) is 5.07. The van der Waals surface area contributed by atoms with Gasteiger partial charge in [-0.05, 0) is 30.0 Å². The van der Waals surface area contributed by atoms with E-state index in [1.54, 1.807) is 15.9 Å². The fourth-order valence-electron chi connectivity index (χ4n) is 3.79. The number of carbonyl (C=O) groups is 2. The average Bonchev–Trinajstić information content (AvgIpc) is 3.28. The fraction of sp³-hybridized carbons (Fsp3) is 0.368. The Morgan fingerprint density at radius 3 is 2.08 bits per heavy atom. The molecule has 1 fully saturated rings. The molecule has 0 spiro atoms. The number of nitrogens with zero attached hydrogens (tertiary/aromatic N) is 2. The van der Waals surface area contributed by atoms with Gasteiger partial charge in [-0.25, -0.2) is 0 Å². The highest BCUT2D eigenvalue weighted by Crippen LogP contribution is 2.30. The highest BCUT2D eigenvalue weighted by Gasteiger charge is 2.43. The maximum Gasteiger partial charge on any atom is 0.257 e. The second kappa shape index (κ2) is 7.13. The van der Waals surface area contributed by atoms with Gasteiger partial charge in [-0.2, -0.15) is 0 Å². The molecule has 6 nitrogen and oxygen atoms in total. The van der Waals surface area contributed by atoms with Crippen LogP contribution in [0.5, 0.6) is 0 Å². The maximum absolute atomic E-state index is 13.0. The van der Waals surface area contributed by atoms with Crippen molar-refractivity contribution in [3.63, 3.8) is 0 Å². The summed E-state index contributed by atoms with van der Waals surface area (Å²) >= 11 is 0. The molecule has 1 saturated heterocycles. The normalized spacial score (nSPS) is 18.2. The van der Waals surface area contributed by atoms with Gasteiger partial charge in [0, 0.05) is 26.2 Å². The van der Waals surface area contributed by atoms with Crippen LogP contribution in [0.25, 0.3) is 0 Å². The van der Waals surface area contributed by atoms with Gasteiger partial charge in [-0.3, -0.25) is 9.59 Å². The van der Waals surface area contributed by atoms with E-state index in [0.717, 1.165) is 11.1 Å². The number of rotatable bonds is 2. The van der Waals surface area contributed by atoms with Crippen molar-refractivity contribution in [1.82, 2.24) is 9.80 Å². The molecule has 0 unspecified atom stereocenters. The lowest BCUT2D eigenvalue weighted by Crippen LogP contribution is -2.60. The number of halogens is 1. The second-order valence-electron chi connectivity index (χ2n) is 6.87. The Morgan fingerprint density at radius 1 is 0.962 bits per heavy atom. The first-order valence-corrected chi connectivity index (χ1v) is 8.53. The summed E-state index contributed by atoms with van der Waals surface area (Å²) in [5.74, 6) is -0.0734. The Balaban J connectivity index is 0.00000196. The summed E-state index contributed by atoms with van der Waals surface area (Å²) in [4.78, 5) is 28.9. The van der Waals surface area contributed by atoms with Gasteiger partial charge in [0.15, 0.2) is 0 Å². The fourth-order valence-corrected chi connectivity index (χ4v) is 3.79. The third kappa shape index (κ3) is 3.22. The Labute approximate surface area is 158 Å². The molecule has 0 saturated carbocycles. The number of piperazine rings is 1. The predicted octanol–water partition coefficient (Wildman–Crippen LogP) is 1.48. The van der Waals surface area contributed by atoms with E-state index in [0.29, 0.717) is 44.6 Å². The molecule has 0 atom stereocenters. The van der Waals surface area contributed by atoms with Crippen molar-refractivity contribution in [2.24, 2.45) is 5.73 Å². The molecule has 2 heterocycles. The van der Waals surface area contributed by atoms with E-state index in [4.69, 9.17) is 10.2 Å². The highest BCUT2D eigenvalue weighted by molar-refractivity contribution is 5.94. The molecular weight excluding hydrogens is 354 g/mol. The van der Waals surface area contributed by atoms with Crippen molar-refractivity contribution in [2.75, 3.05) is 26.2 Å². The molecule has 138 valence electrons. The van der Waals surface area contributed by atoms with E-state index in [1.807, 2.05) is 24.3 Å². The summed E-state index contributed by atoms with van der Waals surface area (Å²) in [5, 5.41) is 0. The minimum absolute atomic E-state index is 0. The van der Waals surface area contributed by atoms with Crippen molar-refractivity contribution in [3.8, 4) is 0 Å². The number of hydrogen-bond donors (Lipinski definition) is 1. The predicted molar refractivity (Wildman–Crippen MR) is 99.2 cm³/mol. The van der Waals surface area contributed by atoms with Gasteiger partial charge < -0.3 is 20.0 Å². The number of benzene rings is 1. The minimum Gasteiger partial charge on any atom is -0.472 e. The third-order valence-corrected chi connectivity index (χ3v) is 5.18. The topological polar surface area (TPSA) is 79.8 Å². The molecule has 2 aromatic rings. The molecular formula is C19H22ClN3O3. The van der Waals surface area contributed by atoms with E-state index in [2.05, 4.69) is 0 Å². The molecule has 1 aromatic carbocycles. The zero-order valence-electron chi connectivity index (χ0n) is 14.4. The van der Waals surface area contributed by atoms with Gasteiger partial charge in [-0.15, -0.1) is 12.4 Å². The molecule has 7 heteroatoms. The molecule has 1 aliphatic heterocycles. The number of carbonyl (C=O) groups excluding carboxylic acids is 2. The second-order valence-corrected chi connectivity index (χ2v) is 6.87. The monoisotopic (exact) mass is 375 g/mol. The molecule has 4 rings (SSSR count). The largest absolute Gasteiger partial charge is 0.472 e. The first-order valence-electron chi connectivity index (χ1n) is 8.53. The van der Waals surface area contributed by atoms with Crippen LogP contribution >= 0.6 is 12.4 Å². The Morgan fingerprint density at radius 2 is 1.54 bits per heavy atom. The van der Waals surface area contributed by atoms with Crippen LogP contribution in [-0.2, 0) is 17.6 Å². The first kappa shape index (κ1) is 18.5. The minimum atomic E-state index is -0.861. The first-order chi connectivity index (χ1) is 12.1. The zero-order valence-corrected chi connectivity index (χ0v) is 15.2. The SMILES string of the molecule is Cl.NC1(C(=O)N2CCN(C(=O)c3ccoc3)CC2)Cc2ccccc2C1.